The molecule has 0 bridgehead atoms. The summed E-state index contributed by atoms with van der Waals surface area (Å²) in [6.45, 7) is 3.08. The van der Waals surface area contributed by atoms with Gasteiger partial charge in [0.05, 0.1) is 0 Å². The molecule has 0 amide bonds. The first-order chi connectivity index (χ1) is 9.29. The number of hydrogen-bond acceptors (Lipinski definition) is 2. The number of hydrogen-bond donors (Lipinski definition) is 1. The average Bonchev–Trinajstić information content (AvgIpc) is 2.37. The van der Waals surface area contributed by atoms with Gasteiger partial charge in [-0.3, -0.25) is 0 Å². The van der Waals surface area contributed by atoms with Crippen molar-refractivity contribution in [1.82, 2.24) is 5.32 Å². The highest BCUT2D eigenvalue weighted by atomic mass is 19.1. The maximum absolute atomic E-state index is 13.2. The van der Waals surface area contributed by atoms with Crippen molar-refractivity contribution in [1.29, 1.82) is 0 Å². The molecule has 0 saturated heterocycles. The maximum atomic E-state index is 13.2. The largest absolute Gasteiger partial charge is 0.489 e. The van der Waals surface area contributed by atoms with Gasteiger partial charge in [-0.1, -0.05) is 32.3 Å². The number of likely N-dealkylation sites (N-methyl/N-ethyl adjacent to an activating group) is 1. The van der Waals surface area contributed by atoms with Crippen LogP contribution in [0.4, 0.5) is 4.39 Å². The minimum Gasteiger partial charge on any atom is -0.489 e. The lowest BCUT2D eigenvalue weighted by atomic mass is 9.94. The SMILES string of the molecule is CCNC1CCCCCCC1Oc1cccc(F)c1. The average molecular weight is 265 g/mol. The molecule has 1 aromatic rings. The lowest BCUT2D eigenvalue weighted by molar-refractivity contribution is 0.127. The molecular weight excluding hydrogens is 241 g/mol. The van der Waals surface area contributed by atoms with Crippen LogP contribution >= 0.6 is 0 Å². The standard InChI is InChI=1S/C16H24FNO/c1-2-18-15-10-5-3-4-6-11-16(15)19-14-9-7-8-13(17)12-14/h7-9,12,15-16,18H,2-6,10-11H2,1H3. The first kappa shape index (κ1) is 14.3. The topological polar surface area (TPSA) is 21.3 Å². The third-order valence-electron chi connectivity index (χ3n) is 3.75. The number of nitrogens with one attached hydrogen (secondary N) is 1. The molecule has 0 aliphatic heterocycles. The van der Waals surface area contributed by atoms with Gasteiger partial charge in [0.15, 0.2) is 0 Å². The number of halogens is 1. The lowest BCUT2D eigenvalue weighted by Crippen LogP contribution is -2.43. The summed E-state index contributed by atoms with van der Waals surface area (Å²) in [5, 5.41) is 3.52. The third-order valence-corrected chi connectivity index (χ3v) is 3.75. The molecule has 0 heterocycles. The third kappa shape index (κ3) is 4.50. The summed E-state index contributed by atoms with van der Waals surface area (Å²) in [5.41, 5.74) is 0. The number of rotatable bonds is 4. The minimum atomic E-state index is -0.233. The fourth-order valence-electron chi connectivity index (χ4n) is 2.80. The molecule has 0 radical (unpaired) electrons. The Balaban J connectivity index is 2.03. The molecule has 19 heavy (non-hydrogen) atoms. The van der Waals surface area contributed by atoms with Gasteiger partial charge < -0.3 is 10.1 Å². The molecule has 1 aliphatic rings. The van der Waals surface area contributed by atoms with E-state index >= 15 is 0 Å². The van der Waals surface area contributed by atoms with Gasteiger partial charge in [-0.15, -0.1) is 0 Å². The van der Waals surface area contributed by atoms with Crippen LogP contribution in [0.3, 0.4) is 0 Å². The van der Waals surface area contributed by atoms with Crippen molar-refractivity contribution in [2.75, 3.05) is 6.54 Å². The van der Waals surface area contributed by atoms with Crippen LogP contribution in [-0.2, 0) is 0 Å². The summed E-state index contributed by atoms with van der Waals surface area (Å²) in [4.78, 5) is 0. The molecule has 0 spiro atoms. The van der Waals surface area contributed by atoms with Crippen molar-refractivity contribution >= 4 is 0 Å². The molecule has 2 unspecified atom stereocenters. The van der Waals surface area contributed by atoms with Crippen LogP contribution < -0.4 is 10.1 Å². The Morgan fingerprint density at radius 3 is 2.74 bits per heavy atom. The van der Waals surface area contributed by atoms with E-state index in [2.05, 4.69) is 12.2 Å². The van der Waals surface area contributed by atoms with Crippen molar-refractivity contribution in [3.8, 4) is 5.75 Å². The minimum absolute atomic E-state index is 0.155. The zero-order valence-corrected chi connectivity index (χ0v) is 11.7. The van der Waals surface area contributed by atoms with E-state index in [4.69, 9.17) is 4.74 Å². The molecule has 0 aromatic heterocycles. The maximum Gasteiger partial charge on any atom is 0.126 e. The van der Waals surface area contributed by atoms with E-state index in [0.717, 1.165) is 19.4 Å². The highest BCUT2D eigenvalue weighted by Crippen LogP contribution is 2.23. The first-order valence-corrected chi connectivity index (χ1v) is 7.45. The van der Waals surface area contributed by atoms with Gasteiger partial charge in [-0.25, -0.2) is 4.39 Å². The highest BCUT2D eigenvalue weighted by Gasteiger charge is 2.23. The lowest BCUT2D eigenvalue weighted by Gasteiger charge is -2.30. The van der Waals surface area contributed by atoms with Crippen LogP contribution in [0.25, 0.3) is 0 Å². The van der Waals surface area contributed by atoms with Crippen molar-refractivity contribution in [3.63, 3.8) is 0 Å². The molecule has 3 heteroatoms. The van der Waals surface area contributed by atoms with Crippen LogP contribution in [0, 0.1) is 5.82 Å². The van der Waals surface area contributed by atoms with Gasteiger partial charge in [0.2, 0.25) is 0 Å². The van der Waals surface area contributed by atoms with Crippen molar-refractivity contribution in [2.24, 2.45) is 0 Å². The summed E-state index contributed by atoms with van der Waals surface area (Å²) in [6, 6.07) is 6.85. The van der Waals surface area contributed by atoms with Gasteiger partial charge in [-0.05, 0) is 37.9 Å². The number of ether oxygens (including phenoxy) is 1. The molecule has 1 N–H and O–H groups in total. The van der Waals surface area contributed by atoms with Crippen LogP contribution in [0.5, 0.6) is 5.75 Å². The molecule has 1 saturated carbocycles. The van der Waals surface area contributed by atoms with E-state index in [1.165, 1.54) is 37.8 Å². The Labute approximate surface area is 115 Å². The van der Waals surface area contributed by atoms with Crippen LogP contribution in [0.15, 0.2) is 24.3 Å². The van der Waals surface area contributed by atoms with Crippen LogP contribution in [0.1, 0.15) is 45.4 Å². The Bertz CT molecular complexity index is 383. The second-order valence-electron chi connectivity index (χ2n) is 5.27. The Kier molecular flexibility index (Phi) is 5.64. The summed E-state index contributed by atoms with van der Waals surface area (Å²) in [6.07, 6.45) is 7.39. The summed E-state index contributed by atoms with van der Waals surface area (Å²) >= 11 is 0. The van der Waals surface area contributed by atoms with Crippen molar-refractivity contribution < 1.29 is 9.13 Å². The smallest absolute Gasteiger partial charge is 0.126 e. The molecule has 1 aliphatic carbocycles. The van der Waals surface area contributed by atoms with E-state index in [0.29, 0.717) is 11.8 Å². The molecule has 2 atom stereocenters. The van der Waals surface area contributed by atoms with Gasteiger partial charge in [0, 0.05) is 12.1 Å². The fourth-order valence-corrected chi connectivity index (χ4v) is 2.80. The molecule has 2 rings (SSSR count). The van der Waals surface area contributed by atoms with Gasteiger partial charge >= 0.3 is 0 Å². The van der Waals surface area contributed by atoms with Crippen molar-refractivity contribution in [3.05, 3.63) is 30.1 Å². The molecule has 1 fully saturated rings. The van der Waals surface area contributed by atoms with E-state index < -0.39 is 0 Å². The van der Waals surface area contributed by atoms with E-state index in [9.17, 15) is 4.39 Å². The Morgan fingerprint density at radius 1 is 1.21 bits per heavy atom. The predicted molar refractivity (Wildman–Crippen MR) is 76.0 cm³/mol. The fraction of sp³-hybridized carbons (Fsp3) is 0.625. The molecule has 106 valence electrons. The first-order valence-electron chi connectivity index (χ1n) is 7.45. The van der Waals surface area contributed by atoms with E-state index in [1.54, 1.807) is 6.07 Å². The zero-order valence-electron chi connectivity index (χ0n) is 11.7. The molecule has 2 nitrogen and oxygen atoms in total. The molecule has 1 aromatic carbocycles. The quantitative estimate of drug-likeness (QED) is 0.891. The van der Waals surface area contributed by atoms with Gasteiger partial charge in [-0.2, -0.15) is 0 Å². The molecular formula is C16H24FNO. The van der Waals surface area contributed by atoms with E-state index in [-0.39, 0.29) is 11.9 Å². The predicted octanol–water partition coefficient (Wildman–Crippen LogP) is 3.91. The monoisotopic (exact) mass is 265 g/mol. The van der Waals surface area contributed by atoms with Crippen LogP contribution in [-0.4, -0.2) is 18.7 Å². The second kappa shape index (κ2) is 7.49. The number of benzene rings is 1. The Hall–Kier alpha value is -1.09. The second-order valence-corrected chi connectivity index (χ2v) is 5.27. The zero-order chi connectivity index (χ0) is 13.5. The Morgan fingerprint density at radius 2 is 2.00 bits per heavy atom. The summed E-state index contributed by atoms with van der Waals surface area (Å²) in [7, 11) is 0. The van der Waals surface area contributed by atoms with Crippen LogP contribution in [0.2, 0.25) is 0 Å². The van der Waals surface area contributed by atoms with E-state index in [1.807, 2.05) is 6.07 Å². The summed E-state index contributed by atoms with van der Waals surface area (Å²) in [5.74, 6) is 0.414. The van der Waals surface area contributed by atoms with Gasteiger partial charge in [0.25, 0.3) is 0 Å². The summed E-state index contributed by atoms with van der Waals surface area (Å²) < 4.78 is 19.3. The van der Waals surface area contributed by atoms with Crippen molar-refractivity contribution in [2.45, 2.75) is 57.6 Å². The normalized spacial score (nSPS) is 24.5. The highest BCUT2D eigenvalue weighted by molar-refractivity contribution is 5.22. The van der Waals surface area contributed by atoms with Gasteiger partial charge in [0.1, 0.15) is 17.7 Å².